The molecule has 1 atom stereocenters. The molecule has 1 heterocycles. The number of carboxylic acid groups (broad SMARTS) is 1. The van der Waals surface area contributed by atoms with Gasteiger partial charge in [0, 0.05) is 15.7 Å². The summed E-state index contributed by atoms with van der Waals surface area (Å²) in [5, 5.41) is 12.9. The van der Waals surface area contributed by atoms with Crippen molar-refractivity contribution in [3.63, 3.8) is 0 Å². The van der Waals surface area contributed by atoms with E-state index in [1.807, 2.05) is 0 Å². The van der Waals surface area contributed by atoms with E-state index in [-0.39, 0.29) is 17.1 Å². The van der Waals surface area contributed by atoms with Crippen LogP contribution in [0.4, 0.5) is 5.69 Å². The number of esters is 1. The van der Waals surface area contributed by atoms with Crippen LogP contribution in [0.2, 0.25) is 10.0 Å². The number of hydrogen-bond donors (Lipinski definition) is 2. The van der Waals surface area contributed by atoms with E-state index in [0.29, 0.717) is 15.7 Å². The Morgan fingerprint density at radius 1 is 1.22 bits per heavy atom. The summed E-state index contributed by atoms with van der Waals surface area (Å²) in [4.78, 5) is 23.1. The van der Waals surface area contributed by atoms with Crippen LogP contribution in [0, 0.1) is 6.92 Å². The number of furan rings is 1. The van der Waals surface area contributed by atoms with Crippen molar-refractivity contribution in [1.29, 1.82) is 0 Å². The van der Waals surface area contributed by atoms with Crippen LogP contribution in [0.5, 0.6) is 0 Å². The largest absolute Gasteiger partial charge is 0.479 e. The Morgan fingerprint density at radius 3 is 2.35 bits per heavy atom. The molecule has 2 N–H and O–H groups in total. The first-order chi connectivity index (χ1) is 10.8. The third-order valence-electron chi connectivity index (χ3n) is 3.05. The van der Waals surface area contributed by atoms with Crippen LogP contribution in [0.25, 0.3) is 0 Å². The van der Waals surface area contributed by atoms with Crippen molar-refractivity contribution in [3.8, 4) is 0 Å². The first-order valence-corrected chi connectivity index (χ1v) is 7.21. The highest BCUT2D eigenvalue weighted by atomic mass is 35.5. The molecule has 1 unspecified atom stereocenters. The first-order valence-electron chi connectivity index (χ1n) is 6.46. The number of anilines is 1. The van der Waals surface area contributed by atoms with Gasteiger partial charge in [-0.05, 0) is 31.2 Å². The van der Waals surface area contributed by atoms with Crippen LogP contribution in [-0.2, 0) is 9.53 Å². The number of nitrogens with one attached hydrogen (secondary N) is 1. The van der Waals surface area contributed by atoms with Crippen LogP contribution < -0.4 is 5.32 Å². The predicted octanol–water partition coefficient (Wildman–Crippen LogP) is 3.92. The van der Waals surface area contributed by atoms with Crippen molar-refractivity contribution in [1.82, 2.24) is 0 Å². The Kier molecular flexibility index (Phi) is 5.18. The smallest absolute Gasteiger partial charge is 0.341 e. The molecule has 1 aromatic heterocycles. The minimum absolute atomic E-state index is 0.0616. The fourth-order valence-corrected chi connectivity index (χ4v) is 2.54. The summed E-state index contributed by atoms with van der Waals surface area (Å²) < 4.78 is 10.0. The summed E-state index contributed by atoms with van der Waals surface area (Å²) in [6, 6.07) is 4.69. The number of hydrogen-bond acceptors (Lipinski definition) is 5. The molecule has 2 rings (SSSR count). The van der Waals surface area contributed by atoms with Gasteiger partial charge < -0.3 is 19.6 Å². The molecule has 0 saturated heterocycles. The van der Waals surface area contributed by atoms with Gasteiger partial charge in [0.2, 0.25) is 0 Å². The van der Waals surface area contributed by atoms with Gasteiger partial charge in [-0.3, -0.25) is 0 Å². The lowest BCUT2D eigenvalue weighted by atomic mass is 10.1. The maximum absolute atomic E-state index is 11.6. The average Bonchev–Trinajstić information content (AvgIpc) is 2.84. The monoisotopic (exact) mass is 357 g/mol. The highest BCUT2D eigenvalue weighted by Crippen LogP contribution is 2.28. The number of rotatable bonds is 5. The summed E-state index contributed by atoms with van der Waals surface area (Å²) in [6.45, 7) is 1.55. The van der Waals surface area contributed by atoms with Gasteiger partial charge in [0.1, 0.15) is 17.1 Å². The standard InChI is InChI=1S/C15H13Cl2NO5/c1-7-11(15(21)22-2)6-12(23-7)13(14(19)20)18-10-4-8(16)3-9(17)5-10/h3-6,13,18H,1-2H3,(H,19,20). The predicted molar refractivity (Wildman–Crippen MR) is 85.2 cm³/mol. The van der Waals surface area contributed by atoms with E-state index in [4.69, 9.17) is 27.6 Å². The Bertz CT molecular complexity index is 736. The van der Waals surface area contributed by atoms with E-state index < -0.39 is 18.0 Å². The summed E-state index contributed by atoms with van der Waals surface area (Å²) >= 11 is 11.8. The maximum Gasteiger partial charge on any atom is 0.341 e. The van der Waals surface area contributed by atoms with Crippen LogP contribution in [0.15, 0.2) is 28.7 Å². The number of aryl methyl sites for hydroxylation is 1. The Labute approximate surface area is 141 Å². The normalized spacial score (nSPS) is 11.8. The Hall–Kier alpha value is -2.18. The van der Waals surface area contributed by atoms with Crippen LogP contribution >= 0.6 is 23.2 Å². The summed E-state index contributed by atoms with van der Waals surface area (Å²) in [5.41, 5.74) is 0.572. The molecule has 6 nitrogen and oxygen atoms in total. The molecule has 0 aliphatic heterocycles. The summed E-state index contributed by atoms with van der Waals surface area (Å²) in [6.07, 6.45) is 0. The SMILES string of the molecule is COC(=O)c1cc(C(Nc2cc(Cl)cc(Cl)c2)C(=O)O)oc1C. The molecule has 1 aromatic carbocycles. The van der Waals surface area contributed by atoms with E-state index in [1.165, 1.54) is 31.4 Å². The van der Waals surface area contributed by atoms with E-state index in [1.54, 1.807) is 6.92 Å². The van der Waals surface area contributed by atoms with Gasteiger partial charge >= 0.3 is 11.9 Å². The zero-order valence-electron chi connectivity index (χ0n) is 12.2. The van der Waals surface area contributed by atoms with Crippen molar-refractivity contribution in [3.05, 3.63) is 51.4 Å². The van der Waals surface area contributed by atoms with Gasteiger partial charge in [0.05, 0.1) is 7.11 Å². The Balaban J connectivity index is 2.35. The summed E-state index contributed by atoms with van der Waals surface area (Å²) in [7, 11) is 1.23. The second-order valence-corrected chi connectivity index (χ2v) is 5.56. The quantitative estimate of drug-likeness (QED) is 0.788. The number of carbonyl (C=O) groups is 2. The van der Waals surface area contributed by atoms with Crippen LogP contribution in [0.1, 0.15) is 27.9 Å². The zero-order chi connectivity index (χ0) is 17.1. The lowest BCUT2D eigenvalue weighted by Crippen LogP contribution is -2.20. The molecule has 8 heteroatoms. The number of ether oxygens (including phenoxy) is 1. The van der Waals surface area contributed by atoms with Crippen molar-refractivity contribution in [2.45, 2.75) is 13.0 Å². The van der Waals surface area contributed by atoms with Gasteiger partial charge in [0.25, 0.3) is 0 Å². The molecule has 0 aliphatic carbocycles. The van der Waals surface area contributed by atoms with Crippen molar-refractivity contribution in [2.75, 3.05) is 12.4 Å². The lowest BCUT2D eigenvalue weighted by molar-refractivity contribution is -0.138. The fraction of sp³-hybridized carbons (Fsp3) is 0.200. The molecule has 0 saturated carbocycles. The molecule has 0 spiro atoms. The fourth-order valence-electron chi connectivity index (χ4n) is 2.02. The second-order valence-electron chi connectivity index (χ2n) is 4.68. The molecule has 23 heavy (non-hydrogen) atoms. The topological polar surface area (TPSA) is 88.8 Å². The van der Waals surface area contributed by atoms with Gasteiger partial charge in [0.15, 0.2) is 6.04 Å². The van der Waals surface area contributed by atoms with Gasteiger partial charge in [-0.1, -0.05) is 23.2 Å². The molecular formula is C15H13Cl2NO5. The van der Waals surface area contributed by atoms with Crippen molar-refractivity contribution >= 4 is 40.8 Å². The van der Waals surface area contributed by atoms with Gasteiger partial charge in [-0.15, -0.1) is 0 Å². The maximum atomic E-state index is 11.6. The average molecular weight is 358 g/mol. The minimum Gasteiger partial charge on any atom is -0.479 e. The third kappa shape index (κ3) is 3.97. The second kappa shape index (κ2) is 6.93. The van der Waals surface area contributed by atoms with Crippen molar-refractivity contribution in [2.24, 2.45) is 0 Å². The van der Waals surface area contributed by atoms with Gasteiger partial charge in [-0.2, -0.15) is 0 Å². The highest BCUT2D eigenvalue weighted by molar-refractivity contribution is 6.35. The number of aliphatic carboxylic acids is 1. The van der Waals surface area contributed by atoms with E-state index in [2.05, 4.69) is 10.1 Å². The van der Waals surface area contributed by atoms with Crippen LogP contribution in [0.3, 0.4) is 0 Å². The number of carbonyl (C=O) groups excluding carboxylic acids is 1. The third-order valence-corrected chi connectivity index (χ3v) is 3.48. The molecular weight excluding hydrogens is 345 g/mol. The molecule has 0 bridgehead atoms. The first kappa shape index (κ1) is 17.2. The lowest BCUT2D eigenvalue weighted by Gasteiger charge is -2.14. The number of methoxy groups -OCH3 is 1. The van der Waals surface area contributed by atoms with Gasteiger partial charge in [-0.25, -0.2) is 9.59 Å². The van der Waals surface area contributed by atoms with Crippen molar-refractivity contribution < 1.29 is 23.8 Å². The molecule has 0 aliphatic rings. The molecule has 0 fully saturated rings. The molecule has 122 valence electrons. The van der Waals surface area contributed by atoms with E-state index in [0.717, 1.165) is 0 Å². The highest BCUT2D eigenvalue weighted by Gasteiger charge is 2.27. The molecule has 0 amide bonds. The molecule has 2 aromatic rings. The molecule has 0 radical (unpaired) electrons. The summed E-state index contributed by atoms with van der Waals surface area (Å²) in [5.74, 6) is -1.46. The zero-order valence-corrected chi connectivity index (χ0v) is 13.7. The number of carboxylic acids is 1. The van der Waals surface area contributed by atoms with E-state index in [9.17, 15) is 14.7 Å². The van der Waals surface area contributed by atoms with Crippen LogP contribution in [-0.4, -0.2) is 24.2 Å². The Morgan fingerprint density at radius 2 is 1.83 bits per heavy atom. The van der Waals surface area contributed by atoms with E-state index >= 15 is 0 Å². The number of benzene rings is 1. The minimum atomic E-state index is -1.22. The number of halogens is 2.